The van der Waals surface area contributed by atoms with Gasteiger partial charge in [0.15, 0.2) is 10.6 Å². The maximum Gasteiger partial charge on any atom is 0.323 e. The van der Waals surface area contributed by atoms with Crippen molar-refractivity contribution in [2.45, 2.75) is 25.9 Å². The number of fused-ring (bicyclic) bond motifs is 1. The summed E-state index contributed by atoms with van der Waals surface area (Å²) in [5.41, 5.74) is 4.66. The molecule has 6 aromatic rings. The quantitative estimate of drug-likeness (QED) is 0.152. The highest BCUT2D eigenvalue weighted by molar-refractivity contribution is 7.71. The second-order valence-electron chi connectivity index (χ2n) is 9.24. The molecule has 8 heteroatoms. The van der Waals surface area contributed by atoms with E-state index in [-0.39, 0.29) is 0 Å². The molecular formula is C30H27N6S2+. The van der Waals surface area contributed by atoms with Crippen LogP contribution in [-0.4, -0.2) is 25.0 Å². The number of H-pyrrole nitrogens is 3. The second kappa shape index (κ2) is 10.7. The van der Waals surface area contributed by atoms with Gasteiger partial charge in [-0.3, -0.25) is 9.67 Å². The number of nitrogens with zero attached hydrogens (tertiary/aromatic N) is 3. The van der Waals surface area contributed by atoms with Gasteiger partial charge >= 0.3 is 4.77 Å². The maximum atomic E-state index is 5.65. The average Bonchev–Trinajstić information content (AvgIpc) is 3.52. The minimum absolute atomic E-state index is 0.623. The molecule has 188 valence electrons. The van der Waals surface area contributed by atoms with Crippen LogP contribution in [0.5, 0.6) is 0 Å². The molecule has 0 unspecified atom stereocenters. The predicted molar refractivity (Wildman–Crippen MR) is 156 cm³/mol. The van der Waals surface area contributed by atoms with Gasteiger partial charge in [-0.05, 0) is 64.9 Å². The van der Waals surface area contributed by atoms with Crippen LogP contribution in [0.15, 0.2) is 97.1 Å². The van der Waals surface area contributed by atoms with Gasteiger partial charge in [-0.25, -0.2) is 4.57 Å². The van der Waals surface area contributed by atoms with Gasteiger partial charge in [0.25, 0.3) is 5.82 Å². The molecule has 0 aliphatic rings. The van der Waals surface area contributed by atoms with Crippen LogP contribution in [0.2, 0.25) is 0 Å². The zero-order valence-corrected chi connectivity index (χ0v) is 22.4. The fourth-order valence-corrected chi connectivity index (χ4v) is 5.43. The van der Waals surface area contributed by atoms with Crippen LogP contribution in [0.3, 0.4) is 0 Å². The van der Waals surface area contributed by atoms with Crippen molar-refractivity contribution in [3.05, 3.63) is 118 Å². The largest absolute Gasteiger partial charge is 0.323 e. The standard InChI is InChI=1S/C30H26N6S2/c37-29-33-31-27(35(29)19-17-21-9-3-1-4-10-21)25-15-16-26(24-14-8-7-13-23(24)25)28-32-34-30(38)36(28)20-18-22-11-5-2-6-12-22/h1-16H,17-20H2,(H2,31,32,33,34,37,38)/p+1. The summed E-state index contributed by atoms with van der Waals surface area (Å²) in [6, 6.07) is 33.6. The Kier molecular flexibility index (Phi) is 6.81. The molecule has 3 N–H and O–H groups in total. The third kappa shape index (κ3) is 4.76. The van der Waals surface area contributed by atoms with Crippen molar-refractivity contribution in [2.75, 3.05) is 0 Å². The van der Waals surface area contributed by atoms with E-state index < -0.39 is 0 Å². The van der Waals surface area contributed by atoms with E-state index in [0.29, 0.717) is 9.54 Å². The summed E-state index contributed by atoms with van der Waals surface area (Å²) in [5.74, 6) is 1.80. The molecule has 0 saturated carbocycles. The number of aromatic amines is 3. The fraction of sp³-hybridized carbons (Fsp3) is 0.133. The van der Waals surface area contributed by atoms with Gasteiger partial charge in [-0.1, -0.05) is 84.9 Å². The first kappa shape index (κ1) is 24.2. The number of hydrogen-bond acceptors (Lipinski definition) is 3. The Bertz CT molecular complexity index is 1680. The molecule has 0 atom stereocenters. The molecular weight excluding hydrogens is 509 g/mol. The molecule has 0 fully saturated rings. The topological polar surface area (TPSA) is 69.1 Å². The van der Waals surface area contributed by atoms with Crippen molar-refractivity contribution in [1.82, 2.24) is 25.0 Å². The molecule has 0 spiro atoms. The molecule has 0 amide bonds. The Morgan fingerprint density at radius 3 is 2.00 bits per heavy atom. The number of nitrogens with one attached hydrogen (secondary N) is 3. The zero-order valence-electron chi connectivity index (χ0n) is 20.7. The summed E-state index contributed by atoms with van der Waals surface area (Å²) in [4.78, 5) is 0. The first-order valence-corrected chi connectivity index (χ1v) is 13.5. The average molecular weight is 536 g/mol. The maximum absolute atomic E-state index is 5.65. The minimum Gasteiger partial charge on any atom is -0.300 e. The Morgan fingerprint density at radius 1 is 0.684 bits per heavy atom. The van der Waals surface area contributed by atoms with Crippen LogP contribution >= 0.6 is 24.4 Å². The summed E-state index contributed by atoms with van der Waals surface area (Å²) >= 11 is 11.3. The summed E-state index contributed by atoms with van der Waals surface area (Å²) in [6.45, 7) is 1.52. The molecule has 6 nitrogen and oxygen atoms in total. The van der Waals surface area contributed by atoms with Gasteiger partial charge in [0.05, 0.1) is 12.1 Å². The smallest absolute Gasteiger partial charge is 0.300 e. The predicted octanol–water partition coefficient (Wildman–Crippen LogP) is 6.59. The van der Waals surface area contributed by atoms with Gasteiger partial charge in [0.1, 0.15) is 0 Å². The molecule has 0 saturated heterocycles. The van der Waals surface area contributed by atoms with Crippen LogP contribution < -0.4 is 4.57 Å². The summed E-state index contributed by atoms with van der Waals surface area (Å²) < 4.78 is 5.52. The fourth-order valence-electron chi connectivity index (χ4n) is 4.98. The molecule has 2 heterocycles. The van der Waals surface area contributed by atoms with E-state index in [0.717, 1.165) is 59.5 Å². The first-order chi connectivity index (χ1) is 18.7. The molecule has 2 aromatic heterocycles. The lowest BCUT2D eigenvalue weighted by Crippen LogP contribution is -2.36. The lowest BCUT2D eigenvalue weighted by molar-refractivity contribution is -0.692. The van der Waals surface area contributed by atoms with Crippen LogP contribution in [0.1, 0.15) is 11.1 Å². The SMILES string of the molecule is S=c1[nH]nc(-c2ccc(-c3[nH][nH]c(=S)[n+]3CCc3ccccc3)c3ccccc23)n1CCc1ccccc1. The Hall–Kier alpha value is -4.14. The highest BCUT2D eigenvalue weighted by Crippen LogP contribution is 2.33. The van der Waals surface area contributed by atoms with Crippen molar-refractivity contribution >= 4 is 35.2 Å². The normalized spacial score (nSPS) is 11.3. The van der Waals surface area contributed by atoms with E-state index in [4.69, 9.17) is 24.4 Å². The van der Waals surface area contributed by atoms with Crippen molar-refractivity contribution in [3.63, 3.8) is 0 Å². The number of rotatable bonds is 8. The van der Waals surface area contributed by atoms with Crippen molar-refractivity contribution < 1.29 is 4.57 Å². The Morgan fingerprint density at radius 2 is 1.29 bits per heavy atom. The number of benzene rings is 4. The minimum atomic E-state index is 0.623. The third-order valence-corrected chi connectivity index (χ3v) is 7.55. The number of hydrogen-bond donors (Lipinski definition) is 3. The Labute approximate surface area is 230 Å². The third-order valence-electron chi connectivity index (χ3n) is 6.92. The summed E-state index contributed by atoms with van der Waals surface area (Å²) in [7, 11) is 0. The highest BCUT2D eigenvalue weighted by atomic mass is 32.1. The lowest BCUT2D eigenvalue weighted by Gasteiger charge is -2.12. The summed E-state index contributed by atoms with van der Waals surface area (Å²) in [5, 5.41) is 16.4. The molecule has 38 heavy (non-hydrogen) atoms. The van der Waals surface area contributed by atoms with E-state index in [1.165, 1.54) is 11.1 Å². The highest BCUT2D eigenvalue weighted by Gasteiger charge is 2.20. The van der Waals surface area contributed by atoms with Gasteiger partial charge in [0, 0.05) is 18.5 Å². The van der Waals surface area contributed by atoms with Crippen molar-refractivity contribution in [2.24, 2.45) is 0 Å². The molecule has 0 bridgehead atoms. The monoisotopic (exact) mass is 535 g/mol. The van der Waals surface area contributed by atoms with Crippen LogP contribution in [0.4, 0.5) is 0 Å². The van der Waals surface area contributed by atoms with E-state index in [1.807, 2.05) is 12.1 Å². The van der Waals surface area contributed by atoms with Crippen LogP contribution in [-0.2, 0) is 25.9 Å². The van der Waals surface area contributed by atoms with E-state index in [1.54, 1.807) is 0 Å². The molecule has 0 aliphatic heterocycles. The van der Waals surface area contributed by atoms with Crippen molar-refractivity contribution in [3.8, 4) is 22.8 Å². The lowest BCUT2D eigenvalue weighted by atomic mass is 9.98. The van der Waals surface area contributed by atoms with Crippen LogP contribution in [0.25, 0.3) is 33.5 Å². The molecule has 6 rings (SSSR count). The van der Waals surface area contributed by atoms with E-state index in [2.05, 4.69) is 114 Å². The van der Waals surface area contributed by atoms with Gasteiger partial charge in [-0.15, -0.1) is 0 Å². The van der Waals surface area contributed by atoms with Gasteiger partial charge < -0.3 is 0 Å². The number of aromatic nitrogens is 6. The zero-order chi connectivity index (χ0) is 25.9. The molecule has 4 aromatic carbocycles. The molecule has 0 aliphatic carbocycles. The van der Waals surface area contributed by atoms with Gasteiger partial charge in [-0.2, -0.15) is 15.3 Å². The number of aryl methyl sites for hydroxylation is 2. The van der Waals surface area contributed by atoms with Crippen molar-refractivity contribution in [1.29, 1.82) is 0 Å². The van der Waals surface area contributed by atoms with E-state index in [9.17, 15) is 0 Å². The second-order valence-corrected chi connectivity index (χ2v) is 10.0. The van der Waals surface area contributed by atoms with Gasteiger partial charge in [0.2, 0.25) is 0 Å². The molecule has 0 radical (unpaired) electrons. The summed E-state index contributed by atoms with van der Waals surface area (Å²) in [6.07, 6.45) is 1.76. The van der Waals surface area contributed by atoms with Crippen LogP contribution in [0, 0.1) is 9.54 Å². The first-order valence-electron chi connectivity index (χ1n) is 12.6. The Balaban J connectivity index is 1.39. The van der Waals surface area contributed by atoms with E-state index >= 15 is 0 Å².